The predicted octanol–water partition coefficient (Wildman–Crippen LogP) is 3.94. The zero-order chi connectivity index (χ0) is 14.7. The third-order valence-electron chi connectivity index (χ3n) is 2.84. The van der Waals surface area contributed by atoms with Crippen molar-refractivity contribution >= 4 is 0 Å². The lowest BCUT2D eigenvalue weighted by molar-refractivity contribution is 0.554. The first kappa shape index (κ1) is 14.5. The van der Waals surface area contributed by atoms with Crippen LogP contribution in [-0.4, -0.2) is 6.54 Å². The first-order chi connectivity index (χ1) is 9.49. The van der Waals surface area contributed by atoms with Crippen molar-refractivity contribution in [2.45, 2.75) is 13.0 Å². The van der Waals surface area contributed by atoms with Crippen molar-refractivity contribution in [2.24, 2.45) is 0 Å². The van der Waals surface area contributed by atoms with Crippen molar-refractivity contribution < 1.29 is 17.6 Å². The van der Waals surface area contributed by atoms with E-state index in [1.54, 1.807) is 6.92 Å². The standard InChI is InChI=1S/C15H13F4N/c1-2-20-15(9-3-11(16)7-12(17)4-9)10-5-13(18)8-14(19)6-10/h3-8,15,20H,2H2,1H3. The highest BCUT2D eigenvalue weighted by atomic mass is 19.1. The van der Waals surface area contributed by atoms with Crippen LogP contribution in [-0.2, 0) is 0 Å². The molecule has 0 radical (unpaired) electrons. The van der Waals surface area contributed by atoms with E-state index in [1.807, 2.05) is 0 Å². The molecule has 5 heteroatoms. The van der Waals surface area contributed by atoms with Gasteiger partial charge < -0.3 is 5.32 Å². The highest BCUT2D eigenvalue weighted by molar-refractivity contribution is 5.33. The Bertz CT molecular complexity index is 521. The SMILES string of the molecule is CCNC(c1cc(F)cc(F)c1)c1cc(F)cc(F)c1. The van der Waals surface area contributed by atoms with Crippen LogP contribution in [0.3, 0.4) is 0 Å². The zero-order valence-corrected chi connectivity index (χ0v) is 10.8. The number of benzene rings is 2. The molecule has 0 aliphatic heterocycles. The molecule has 0 aromatic heterocycles. The summed E-state index contributed by atoms with van der Waals surface area (Å²) in [7, 11) is 0. The Balaban J connectivity index is 2.49. The summed E-state index contributed by atoms with van der Waals surface area (Å²) in [5.41, 5.74) is 0.545. The van der Waals surface area contributed by atoms with Crippen molar-refractivity contribution in [2.75, 3.05) is 6.54 Å². The van der Waals surface area contributed by atoms with E-state index in [9.17, 15) is 17.6 Å². The fraction of sp³-hybridized carbons (Fsp3) is 0.200. The Labute approximate surface area is 114 Å². The maximum absolute atomic E-state index is 13.3. The second-order valence-electron chi connectivity index (χ2n) is 4.40. The van der Waals surface area contributed by atoms with Crippen LogP contribution in [0.1, 0.15) is 24.1 Å². The average Bonchev–Trinajstić information content (AvgIpc) is 2.33. The summed E-state index contributed by atoms with van der Waals surface area (Å²) < 4.78 is 53.1. The van der Waals surface area contributed by atoms with Crippen LogP contribution < -0.4 is 5.32 Å². The molecule has 1 N–H and O–H groups in total. The average molecular weight is 283 g/mol. The van der Waals surface area contributed by atoms with E-state index in [2.05, 4.69) is 5.32 Å². The summed E-state index contributed by atoms with van der Waals surface area (Å²) in [5.74, 6) is -2.95. The molecule has 0 aliphatic carbocycles. The number of hydrogen-bond donors (Lipinski definition) is 1. The Morgan fingerprint density at radius 1 is 0.750 bits per heavy atom. The topological polar surface area (TPSA) is 12.0 Å². The summed E-state index contributed by atoms with van der Waals surface area (Å²) in [6.07, 6.45) is 0. The van der Waals surface area contributed by atoms with Crippen LogP contribution in [0.5, 0.6) is 0 Å². The quantitative estimate of drug-likeness (QED) is 0.838. The summed E-state index contributed by atoms with van der Waals surface area (Å²) in [4.78, 5) is 0. The number of nitrogens with one attached hydrogen (secondary N) is 1. The van der Waals surface area contributed by atoms with Crippen molar-refractivity contribution in [3.63, 3.8) is 0 Å². The van der Waals surface area contributed by atoms with Crippen LogP contribution in [0.25, 0.3) is 0 Å². The van der Waals surface area contributed by atoms with Crippen LogP contribution in [0.15, 0.2) is 36.4 Å². The monoisotopic (exact) mass is 283 g/mol. The fourth-order valence-corrected chi connectivity index (χ4v) is 2.12. The van der Waals surface area contributed by atoms with Crippen LogP contribution in [0.4, 0.5) is 17.6 Å². The predicted molar refractivity (Wildman–Crippen MR) is 68.2 cm³/mol. The lowest BCUT2D eigenvalue weighted by atomic mass is 9.98. The van der Waals surface area contributed by atoms with Gasteiger partial charge in [0.15, 0.2) is 0 Å². The van der Waals surface area contributed by atoms with Gasteiger partial charge >= 0.3 is 0 Å². The van der Waals surface area contributed by atoms with Crippen molar-refractivity contribution in [3.05, 3.63) is 70.8 Å². The van der Waals surface area contributed by atoms with E-state index in [4.69, 9.17) is 0 Å². The van der Waals surface area contributed by atoms with Gasteiger partial charge in [0.2, 0.25) is 0 Å². The van der Waals surface area contributed by atoms with E-state index in [0.29, 0.717) is 6.54 Å². The van der Waals surface area contributed by atoms with Crippen molar-refractivity contribution in [1.29, 1.82) is 0 Å². The zero-order valence-electron chi connectivity index (χ0n) is 10.8. The molecule has 0 aliphatic rings. The lowest BCUT2D eigenvalue weighted by Gasteiger charge is -2.19. The highest BCUT2D eigenvalue weighted by Gasteiger charge is 2.16. The molecule has 0 saturated carbocycles. The Hall–Kier alpha value is -1.88. The molecule has 0 fully saturated rings. The molecular formula is C15H13F4N. The van der Waals surface area contributed by atoms with E-state index in [0.717, 1.165) is 36.4 Å². The second kappa shape index (κ2) is 6.05. The van der Waals surface area contributed by atoms with Crippen LogP contribution in [0, 0.1) is 23.3 Å². The molecule has 0 spiro atoms. The van der Waals surface area contributed by atoms with Gasteiger partial charge in [0.05, 0.1) is 6.04 Å². The summed E-state index contributed by atoms with van der Waals surface area (Å²) in [6.45, 7) is 2.26. The number of halogens is 4. The summed E-state index contributed by atoms with van der Waals surface area (Å²) in [5, 5.41) is 2.96. The normalized spacial score (nSPS) is 11.1. The molecule has 0 atom stereocenters. The lowest BCUT2D eigenvalue weighted by Crippen LogP contribution is -2.22. The van der Waals surface area contributed by atoms with E-state index in [1.165, 1.54) is 0 Å². The Kier molecular flexibility index (Phi) is 4.39. The van der Waals surface area contributed by atoms with Gasteiger partial charge in [-0.1, -0.05) is 6.92 Å². The van der Waals surface area contributed by atoms with Crippen molar-refractivity contribution in [1.82, 2.24) is 5.32 Å². The van der Waals surface area contributed by atoms with E-state index >= 15 is 0 Å². The minimum atomic E-state index is -0.736. The molecule has 2 rings (SSSR count). The van der Waals surface area contributed by atoms with Crippen molar-refractivity contribution in [3.8, 4) is 0 Å². The highest BCUT2D eigenvalue weighted by Crippen LogP contribution is 2.25. The smallest absolute Gasteiger partial charge is 0.126 e. The maximum Gasteiger partial charge on any atom is 0.126 e. The number of hydrogen-bond acceptors (Lipinski definition) is 1. The van der Waals surface area contributed by atoms with Gasteiger partial charge in [-0.2, -0.15) is 0 Å². The first-order valence-corrected chi connectivity index (χ1v) is 6.15. The molecule has 1 nitrogen and oxygen atoms in total. The van der Waals surface area contributed by atoms with Gasteiger partial charge in [0.25, 0.3) is 0 Å². The Morgan fingerprint density at radius 3 is 1.40 bits per heavy atom. The molecule has 2 aromatic rings. The Morgan fingerprint density at radius 2 is 1.10 bits per heavy atom. The first-order valence-electron chi connectivity index (χ1n) is 6.15. The minimum Gasteiger partial charge on any atom is -0.307 e. The van der Waals surface area contributed by atoms with Gasteiger partial charge in [0, 0.05) is 12.1 Å². The van der Waals surface area contributed by atoms with Gasteiger partial charge in [-0.3, -0.25) is 0 Å². The molecule has 0 amide bonds. The van der Waals surface area contributed by atoms with Gasteiger partial charge in [-0.25, -0.2) is 17.6 Å². The molecule has 2 aromatic carbocycles. The molecule has 0 heterocycles. The van der Waals surface area contributed by atoms with Crippen LogP contribution in [0.2, 0.25) is 0 Å². The second-order valence-corrected chi connectivity index (χ2v) is 4.40. The fourth-order valence-electron chi connectivity index (χ4n) is 2.12. The molecule has 20 heavy (non-hydrogen) atoms. The third kappa shape index (κ3) is 3.36. The van der Waals surface area contributed by atoms with E-state index in [-0.39, 0.29) is 11.1 Å². The number of rotatable bonds is 4. The minimum absolute atomic E-state index is 0.273. The maximum atomic E-state index is 13.3. The van der Waals surface area contributed by atoms with Gasteiger partial charge in [-0.05, 0) is 41.9 Å². The summed E-state index contributed by atoms with van der Waals surface area (Å²) in [6, 6.07) is 5.36. The molecule has 0 bridgehead atoms. The molecule has 0 unspecified atom stereocenters. The van der Waals surface area contributed by atoms with E-state index < -0.39 is 29.3 Å². The molecular weight excluding hydrogens is 270 g/mol. The van der Waals surface area contributed by atoms with Gasteiger partial charge in [0.1, 0.15) is 23.3 Å². The molecule has 0 saturated heterocycles. The largest absolute Gasteiger partial charge is 0.307 e. The summed E-state index contributed by atoms with van der Waals surface area (Å²) >= 11 is 0. The third-order valence-corrected chi connectivity index (χ3v) is 2.84. The van der Waals surface area contributed by atoms with Crippen LogP contribution >= 0.6 is 0 Å². The van der Waals surface area contributed by atoms with Gasteiger partial charge in [-0.15, -0.1) is 0 Å². The molecule has 106 valence electrons.